The summed E-state index contributed by atoms with van der Waals surface area (Å²) >= 11 is 12.5. The molecule has 4 N–H and O–H groups in total. The molecule has 192 valence electrons. The summed E-state index contributed by atoms with van der Waals surface area (Å²) in [5, 5.41) is 13.2. The third-order valence-electron chi connectivity index (χ3n) is 6.84. The first kappa shape index (κ1) is 26.6. The standard InChI is InChI=1S/C27H32Cl2N4O3/c1-16(2)12-23(25(35)32-24(34)18-8-10-30-11-9-18)33-27(15-17-4-3-5-19(28)13-17)21-7-6-20(29)14-22(21)31-26(27)36/h3-7,13-14,16,18,23,30,33H,8-12,15H2,1-2H3,(H,31,36)(H,32,34,35)/t23-,27?/m0/s1. The molecule has 2 aromatic rings. The molecule has 2 aromatic carbocycles. The van der Waals surface area contributed by atoms with Crippen LogP contribution >= 0.6 is 23.2 Å². The molecule has 2 aliphatic rings. The van der Waals surface area contributed by atoms with E-state index in [4.69, 9.17) is 23.2 Å². The molecule has 1 unspecified atom stereocenters. The molecule has 0 aromatic heterocycles. The van der Waals surface area contributed by atoms with Crippen molar-refractivity contribution in [3.05, 3.63) is 63.6 Å². The molecule has 1 fully saturated rings. The fraction of sp³-hybridized carbons (Fsp3) is 0.444. The van der Waals surface area contributed by atoms with Gasteiger partial charge in [0.05, 0.1) is 6.04 Å². The molecule has 3 amide bonds. The summed E-state index contributed by atoms with van der Waals surface area (Å²) < 4.78 is 0. The first-order valence-electron chi connectivity index (χ1n) is 12.4. The van der Waals surface area contributed by atoms with Gasteiger partial charge in [-0.05, 0) is 68.1 Å². The monoisotopic (exact) mass is 530 g/mol. The maximum atomic E-state index is 13.6. The van der Waals surface area contributed by atoms with Crippen LogP contribution in [0.2, 0.25) is 10.0 Å². The molecular formula is C27H32Cl2N4O3. The molecule has 4 rings (SSSR count). The second kappa shape index (κ2) is 11.3. The second-order valence-electron chi connectivity index (χ2n) is 10.1. The number of imide groups is 1. The van der Waals surface area contributed by atoms with Gasteiger partial charge in [0, 0.05) is 33.6 Å². The van der Waals surface area contributed by atoms with Crippen molar-refractivity contribution in [3.63, 3.8) is 0 Å². The lowest BCUT2D eigenvalue weighted by atomic mass is 9.83. The fourth-order valence-electron chi connectivity index (χ4n) is 5.06. The maximum Gasteiger partial charge on any atom is 0.249 e. The van der Waals surface area contributed by atoms with Gasteiger partial charge in [-0.2, -0.15) is 0 Å². The summed E-state index contributed by atoms with van der Waals surface area (Å²) in [5.74, 6) is -1.03. The fourth-order valence-corrected chi connectivity index (χ4v) is 5.45. The van der Waals surface area contributed by atoms with Gasteiger partial charge in [-0.15, -0.1) is 0 Å². The number of hydrogen-bond acceptors (Lipinski definition) is 5. The Morgan fingerprint density at radius 2 is 1.81 bits per heavy atom. The first-order chi connectivity index (χ1) is 17.2. The number of piperidine rings is 1. The van der Waals surface area contributed by atoms with Gasteiger partial charge < -0.3 is 10.6 Å². The highest BCUT2D eigenvalue weighted by atomic mass is 35.5. The van der Waals surface area contributed by atoms with E-state index in [0.717, 1.165) is 18.7 Å². The van der Waals surface area contributed by atoms with Crippen molar-refractivity contribution in [1.82, 2.24) is 16.0 Å². The zero-order chi connectivity index (χ0) is 25.9. The number of fused-ring (bicyclic) bond motifs is 1. The maximum absolute atomic E-state index is 13.6. The molecule has 0 spiro atoms. The van der Waals surface area contributed by atoms with Crippen LogP contribution in [0.5, 0.6) is 0 Å². The molecule has 1 saturated heterocycles. The van der Waals surface area contributed by atoms with Gasteiger partial charge in [-0.1, -0.05) is 55.2 Å². The van der Waals surface area contributed by atoms with Crippen LogP contribution in [0.15, 0.2) is 42.5 Å². The van der Waals surface area contributed by atoms with Gasteiger partial charge in [0.2, 0.25) is 17.7 Å². The van der Waals surface area contributed by atoms with Gasteiger partial charge in [0.1, 0.15) is 5.54 Å². The molecular weight excluding hydrogens is 499 g/mol. The minimum Gasteiger partial charge on any atom is -0.324 e. The van der Waals surface area contributed by atoms with E-state index in [1.165, 1.54) is 0 Å². The molecule has 2 aliphatic heterocycles. The summed E-state index contributed by atoms with van der Waals surface area (Å²) in [6.45, 7) is 5.51. The molecule has 0 saturated carbocycles. The van der Waals surface area contributed by atoms with Gasteiger partial charge in [-0.25, -0.2) is 0 Å². The third kappa shape index (κ3) is 5.92. The molecule has 0 aliphatic carbocycles. The van der Waals surface area contributed by atoms with E-state index in [-0.39, 0.29) is 30.1 Å². The van der Waals surface area contributed by atoms with Gasteiger partial charge in [-0.3, -0.25) is 25.0 Å². The molecule has 0 radical (unpaired) electrons. The Labute approximate surface area is 221 Å². The first-order valence-corrected chi connectivity index (χ1v) is 13.1. The Morgan fingerprint density at radius 3 is 2.50 bits per heavy atom. The van der Waals surface area contributed by atoms with Crippen LogP contribution < -0.4 is 21.3 Å². The third-order valence-corrected chi connectivity index (χ3v) is 7.31. The van der Waals surface area contributed by atoms with Crippen LogP contribution in [0.4, 0.5) is 5.69 Å². The summed E-state index contributed by atoms with van der Waals surface area (Å²) in [4.78, 5) is 39.9. The predicted octanol–water partition coefficient (Wildman–Crippen LogP) is 4.03. The smallest absolute Gasteiger partial charge is 0.249 e. The summed E-state index contributed by atoms with van der Waals surface area (Å²) in [7, 11) is 0. The van der Waals surface area contributed by atoms with Crippen molar-refractivity contribution >= 4 is 46.6 Å². The lowest BCUT2D eigenvalue weighted by Gasteiger charge is -2.34. The Hall–Kier alpha value is -2.45. The second-order valence-corrected chi connectivity index (χ2v) is 10.9. The molecule has 36 heavy (non-hydrogen) atoms. The van der Waals surface area contributed by atoms with Crippen molar-refractivity contribution in [1.29, 1.82) is 0 Å². The number of nitrogens with one attached hydrogen (secondary N) is 4. The summed E-state index contributed by atoms with van der Waals surface area (Å²) in [6, 6.07) is 11.8. The van der Waals surface area contributed by atoms with E-state index in [0.29, 0.717) is 40.6 Å². The molecule has 0 bridgehead atoms. The van der Waals surface area contributed by atoms with Crippen LogP contribution in [-0.2, 0) is 26.3 Å². The topological polar surface area (TPSA) is 99.3 Å². The van der Waals surface area contributed by atoms with Crippen molar-refractivity contribution < 1.29 is 14.4 Å². The minimum absolute atomic E-state index is 0.139. The Kier molecular flexibility index (Phi) is 8.35. The van der Waals surface area contributed by atoms with E-state index in [1.807, 2.05) is 32.0 Å². The van der Waals surface area contributed by atoms with Crippen LogP contribution in [0, 0.1) is 11.8 Å². The highest BCUT2D eigenvalue weighted by Crippen LogP contribution is 2.40. The largest absolute Gasteiger partial charge is 0.324 e. The zero-order valence-electron chi connectivity index (χ0n) is 20.5. The predicted molar refractivity (Wildman–Crippen MR) is 142 cm³/mol. The Bertz CT molecular complexity index is 1150. The number of carbonyl (C=O) groups is 3. The number of rotatable bonds is 8. The zero-order valence-corrected chi connectivity index (χ0v) is 22.0. The van der Waals surface area contributed by atoms with Crippen LogP contribution in [0.3, 0.4) is 0 Å². The number of amides is 3. The normalized spacial score (nSPS) is 20.6. The summed E-state index contributed by atoms with van der Waals surface area (Å²) in [6.07, 6.45) is 2.09. The van der Waals surface area contributed by atoms with E-state index < -0.39 is 17.5 Å². The SMILES string of the molecule is CC(C)C[C@H](NC1(Cc2cccc(Cl)c2)C(=O)Nc2cc(Cl)ccc21)C(=O)NC(=O)C1CCNCC1. The highest BCUT2D eigenvalue weighted by molar-refractivity contribution is 6.31. The number of halogens is 2. The Balaban J connectivity index is 1.67. The number of benzene rings is 2. The molecule has 2 heterocycles. The highest BCUT2D eigenvalue weighted by Gasteiger charge is 2.49. The van der Waals surface area contributed by atoms with Gasteiger partial charge in [0.15, 0.2) is 0 Å². The quantitative estimate of drug-likeness (QED) is 0.413. The van der Waals surface area contributed by atoms with E-state index in [9.17, 15) is 14.4 Å². The van der Waals surface area contributed by atoms with Crippen molar-refractivity contribution in [2.45, 2.75) is 51.1 Å². The van der Waals surface area contributed by atoms with Crippen LogP contribution in [-0.4, -0.2) is 36.9 Å². The van der Waals surface area contributed by atoms with E-state index >= 15 is 0 Å². The van der Waals surface area contributed by atoms with E-state index in [1.54, 1.807) is 24.3 Å². The van der Waals surface area contributed by atoms with E-state index in [2.05, 4.69) is 21.3 Å². The lowest BCUT2D eigenvalue weighted by molar-refractivity contribution is -0.135. The van der Waals surface area contributed by atoms with Crippen molar-refractivity contribution in [2.24, 2.45) is 11.8 Å². The van der Waals surface area contributed by atoms with Gasteiger partial charge >= 0.3 is 0 Å². The van der Waals surface area contributed by atoms with Crippen LogP contribution in [0.25, 0.3) is 0 Å². The van der Waals surface area contributed by atoms with Crippen molar-refractivity contribution in [2.75, 3.05) is 18.4 Å². The number of anilines is 1. The molecule has 9 heteroatoms. The minimum atomic E-state index is -1.25. The molecule has 2 atom stereocenters. The lowest BCUT2D eigenvalue weighted by Crippen LogP contribution is -2.59. The Morgan fingerprint density at radius 1 is 1.08 bits per heavy atom. The van der Waals surface area contributed by atoms with Crippen LogP contribution in [0.1, 0.15) is 44.2 Å². The number of hydrogen-bond donors (Lipinski definition) is 4. The van der Waals surface area contributed by atoms with Gasteiger partial charge in [0.25, 0.3) is 0 Å². The average molecular weight is 531 g/mol. The van der Waals surface area contributed by atoms with Crippen molar-refractivity contribution in [3.8, 4) is 0 Å². The summed E-state index contributed by atoms with van der Waals surface area (Å²) in [5.41, 5.74) is 0.876. The molecule has 7 nitrogen and oxygen atoms in total. The average Bonchev–Trinajstić information content (AvgIpc) is 3.08. The number of carbonyl (C=O) groups excluding carboxylic acids is 3.